The Morgan fingerprint density at radius 1 is 1.10 bits per heavy atom. The third-order valence-electron chi connectivity index (χ3n) is 3.28. The lowest BCUT2D eigenvalue weighted by molar-refractivity contribution is 0.408. The number of anilines is 1. The summed E-state index contributed by atoms with van der Waals surface area (Å²) < 4.78 is 0. The monoisotopic (exact) mass is 304 g/mol. The van der Waals surface area contributed by atoms with Crippen LogP contribution in [0.2, 0.25) is 5.02 Å². The van der Waals surface area contributed by atoms with Crippen molar-refractivity contribution < 1.29 is 0 Å². The summed E-state index contributed by atoms with van der Waals surface area (Å²) in [7, 11) is 1.98. The molecule has 0 radical (unpaired) electrons. The molecule has 0 heterocycles. The lowest BCUT2D eigenvalue weighted by atomic mass is 10.1. The molecule has 2 nitrogen and oxygen atoms in total. The smallest absolute Gasteiger partial charge is 0.173 e. The highest BCUT2D eigenvalue weighted by Crippen LogP contribution is 2.21. The highest BCUT2D eigenvalue weighted by Gasteiger charge is 2.14. The standard InChI is InChI=1S/C16H17ClN2S/c1-12(13-8-10-14(17)11-9-13)19(2)16(20)18-15-6-4-3-5-7-15/h3-12H,1-2H3,(H,18,20). The Hall–Kier alpha value is -1.58. The zero-order chi connectivity index (χ0) is 14.5. The van der Waals surface area contributed by atoms with Crippen molar-refractivity contribution in [3.8, 4) is 0 Å². The van der Waals surface area contributed by atoms with E-state index in [1.54, 1.807) is 0 Å². The van der Waals surface area contributed by atoms with Gasteiger partial charge in [0.15, 0.2) is 5.11 Å². The molecule has 2 aromatic carbocycles. The lowest BCUT2D eigenvalue weighted by Gasteiger charge is -2.28. The van der Waals surface area contributed by atoms with Crippen LogP contribution in [0.1, 0.15) is 18.5 Å². The summed E-state index contributed by atoms with van der Waals surface area (Å²) in [4.78, 5) is 2.03. The number of thiocarbonyl (C=S) groups is 1. The van der Waals surface area contributed by atoms with Crippen molar-refractivity contribution in [2.75, 3.05) is 12.4 Å². The summed E-state index contributed by atoms with van der Waals surface area (Å²) in [5.41, 5.74) is 2.17. The Kier molecular flexibility index (Phi) is 4.99. The first-order valence-electron chi connectivity index (χ1n) is 6.42. The van der Waals surface area contributed by atoms with Crippen LogP contribution in [0.25, 0.3) is 0 Å². The van der Waals surface area contributed by atoms with Crippen molar-refractivity contribution in [3.05, 3.63) is 65.2 Å². The predicted octanol–water partition coefficient (Wildman–Crippen LogP) is 4.73. The minimum atomic E-state index is 0.177. The summed E-state index contributed by atoms with van der Waals surface area (Å²) in [5.74, 6) is 0. The van der Waals surface area contributed by atoms with Crippen LogP contribution in [0.4, 0.5) is 5.69 Å². The van der Waals surface area contributed by atoms with Crippen molar-refractivity contribution >= 4 is 34.6 Å². The number of nitrogens with one attached hydrogen (secondary N) is 1. The predicted molar refractivity (Wildman–Crippen MR) is 90.3 cm³/mol. The van der Waals surface area contributed by atoms with Crippen LogP contribution in [-0.2, 0) is 0 Å². The van der Waals surface area contributed by atoms with Gasteiger partial charge in [-0.1, -0.05) is 41.9 Å². The van der Waals surface area contributed by atoms with Crippen molar-refractivity contribution in [3.63, 3.8) is 0 Å². The van der Waals surface area contributed by atoms with Gasteiger partial charge in [0, 0.05) is 17.8 Å². The first kappa shape index (κ1) is 14.8. The molecule has 0 spiro atoms. The molecule has 20 heavy (non-hydrogen) atoms. The SMILES string of the molecule is CC(c1ccc(Cl)cc1)N(C)C(=S)Nc1ccccc1. The van der Waals surface area contributed by atoms with Crippen LogP contribution in [0, 0.1) is 0 Å². The third kappa shape index (κ3) is 3.71. The lowest BCUT2D eigenvalue weighted by Crippen LogP contribution is -2.33. The molecule has 0 aliphatic heterocycles. The fourth-order valence-corrected chi connectivity index (χ4v) is 2.28. The summed E-state index contributed by atoms with van der Waals surface area (Å²) in [5, 5.41) is 4.67. The Balaban J connectivity index is 2.04. The van der Waals surface area contributed by atoms with Crippen molar-refractivity contribution in [2.45, 2.75) is 13.0 Å². The molecule has 2 aromatic rings. The highest BCUT2D eigenvalue weighted by molar-refractivity contribution is 7.80. The van der Waals surface area contributed by atoms with Gasteiger partial charge in [0.1, 0.15) is 0 Å². The maximum atomic E-state index is 5.91. The molecule has 1 N–H and O–H groups in total. The number of para-hydroxylation sites is 1. The van der Waals surface area contributed by atoms with E-state index in [9.17, 15) is 0 Å². The van der Waals surface area contributed by atoms with Crippen LogP contribution < -0.4 is 5.32 Å². The summed E-state index contributed by atoms with van der Waals surface area (Å²) in [6.45, 7) is 2.11. The average molecular weight is 305 g/mol. The van der Waals surface area contributed by atoms with E-state index < -0.39 is 0 Å². The molecule has 0 amide bonds. The molecular formula is C16H17ClN2S. The normalized spacial score (nSPS) is 11.8. The molecule has 104 valence electrons. The van der Waals surface area contributed by atoms with Crippen LogP contribution >= 0.6 is 23.8 Å². The second kappa shape index (κ2) is 6.73. The third-order valence-corrected chi connectivity index (χ3v) is 3.92. The zero-order valence-electron chi connectivity index (χ0n) is 11.5. The Morgan fingerprint density at radius 2 is 1.70 bits per heavy atom. The quantitative estimate of drug-likeness (QED) is 0.825. The Bertz CT molecular complexity index is 569. The van der Waals surface area contributed by atoms with E-state index in [0.29, 0.717) is 5.11 Å². The number of hydrogen-bond acceptors (Lipinski definition) is 1. The van der Waals surface area contributed by atoms with Crippen LogP contribution in [0.15, 0.2) is 54.6 Å². The van der Waals surface area contributed by atoms with Crippen molar-refractivity contribution in [1.29, 1.82) is 0 Å². The van der Waals surface area contributed by atoms with Gasteiger partial charge in [-0.15, -0.1) is 0 Å². The summed E-state index contributed by atoms with van der Waals surface area (Å²) in [6, 6.07) is 17.9. The van der Waals surface area contributed by atoms with E-state index in [-0.39, 0.29) is 6.04 Å². The van der Waals surface area contributed by atoms with Crippen molar-refractivity contribution in [1.82, 2.24) is 4.90 Å². The summed E-state index contributed by atoms with van der Waals surface area (Å²) in [6.07, 6.45) is 0. The van der Waals surface area contributed by atoms with Gasteiger partial charge in [-0.25, -0.2) is 0 Å². The Labute approximate surface area is 130 Å². The second-order valence-corrected chi connectivity index (χ2v) is 5.46. The molecule has 0 aromatic heterocycles. The van der Waals surface area contributed by atoms with Gasteiger partial charge in [-0.2, -0.15) is 0 Å². The van der Waals surface area contributed by atoms with Gasteiger partial charge < -0.3 is 10.2 Å². The van der Waals surface area contributed by atoms with Gasteiger partial charge in [-0.3, -0.25) is 0 Å². The second-order valence-electron chi connectivity index (χ2n) is 4.63. The number of halogens is 1. The topological polar surface area (TPSA) is 15.3 Å². The van der Waals surface area contributed by atoms with Gasteiger partial charge in [0.2, 0.25) is 0 Å². The fraction of sp³-hybridized carbons (Fsp3) is 0.188. The van der Waals surface area contributed by atoms with E-state index in [1.165, 1.54) is 5.56 Å². The molecule has 2 rings (SSSR count). The van der Waals surface area contributed by atoms with E-state index in [0.717, 1.165) is 10.7 Å². The molecule has 0 saturated carbocycles. The molecular weight excluding hydrogens is 288 g/mol. The molecule has 0 bridgehead atoms. The molecule has 0 aliphatic rings. The molecule has 0 fully saturated rings. The van der Waals surface area contributed by atoms with Gasteiger partial charge in [0.25, 0.3) is 0 Å². The maximum Gasteiger partial charge on any atom is 0.173 e. The summed E-state index contributed by atoms with van der Waals surface area (Å²) >= 11 is 11.4. The van der Waals surface area contributed by atoms with Crippen LogP contribution in [0.3, 0.4) is 0 Å². The molecule has 1 unspecified atom stereocenters. The van der Waals surface area contributed by atoms with E-state index >= 15 is 0 Å². The highest BCUT2D eigenvalue weighted by atomic mass is 35.5. The zero-order valence-corrected chi connectivity index (χ0v) is 13.1. The van der Waals surface area contributed by atoms with E-state index in [2.05, 4.69) is 12.2 Å². The number of nitrogens with zero attached hydrogens (tertiary/aromatic N) is 1. The minimum Gasteiger partial charge on any atom is -0.345 e. The fourth-order valence-electron chi connectivity index (χ4n) is 1.87. The molecule has 4 heteroatoms. The minimum absolute atomic E-state index is 0.177. The number of benzene rings is 2. The molecule has 0 aliphatic carbocycles. The maximum absolute atomic E-state index is 5.91. The van der Waals surface area contributed by atoms with Gasteiger partial charge in [-0.05, 0) is 49.0 Å². The van der Waals surface area contributed by atoms with Crippen LogP contribution in [0.5, 0.6) is 0 Å². The first-order valence-corrected chi connectivity index (χ1v) is 7.21. The largest absolute Gasteiger partial charge is 0.345 e. The van der Waals surface area contributed by atoms with Gasteiger partial charge >= 0.3 is 0 Å². The van der Waals surface area contributed by atoms with Crippen molar-refractivity contribution in [2.24, 2.45) is 0 Å². The van der Waals surface area contributed by atoms with Crippen LogP contribution in [-0.4, -0.2) is 17.1 Å². The van der Waals surface area contributed by atoms with E-state index in [4.69, 9.17) is 23.8 Å². The molecule has 1 atom stereocenters. The average Bonchev–Trinajstić information content (AvgIpc) is 2.47. The Morgan fingerprint density at radius 3 is 2.30 bits per heavy atom. The first-order chi connectivity index (χ1) is 9.58. The molecule has 0 saturated heterocycles. The van der Waals surface area contributed by atoms with E-state index in [1.807, 2.05) is 66.5 Å². The van der Waals surface area contributed by atoms with Gasteiger partial charge in [0.05, 0.1) is 6.04 Å². The number of rotatable bonds is 3. The number of hydrogen-bond donors (Lipinski definition) is 1.